The highest BCUT2D eigenvalue weighted by molar-refractivity contribution is 6.31. The summed E-state index contributed by atoms with van der Waals surface area (Å²) in [5.41, 5.74) is 6.17. The molecule has 0 fully saturated rings. The second-order valence-electron chi connectivity index (χ2n) is 3.65. The summed E-state index contributed by atoms with van der Waals surface area (Å²) >= 11 is 5.91. The fourth-order valence-electron chi connectivity index (χ4n) is 1.41. The minimum Gasteiger partial charge on any atom is -0.497 e. The van der Waals surface area contributed by atoms with Crippen LogP contribution in [0, 0.1) is 0 Å². The van der Waals surface area contributed by atoms with Crippen molar-refractivity contribution in [2.24, 2.45) is 5.73 Å². The van der Waals surface area contributed by atoms with Gasteiger partial charge in [0.05, 0.1) is 7.11 Å². The van der Waals surface area contributed by atoms with Gasteiger partial charge in [-0.15, -0.1) is 0 Å². The van der Waals surface area contributed by atoms with Crippen molar-refractivity contribution in [1.82, 2.24) is 0 Å². The lowest BCUT2D eigenvalue weighted by atomic mass is 10.0. The Kier molecular flexibility index (Phi) is 4.65. The molecule has 1 aromatic rings. The molecule has 1 aromatic carbocycles. The van der Waals surface area contributed by atoms with Crippen LogP contribution in [0.2, 0.25) is 5.02 Å². The largest absolute Gasteiger partial charge is 0.497 e. The van der Waals surface area contributed by atoms with E-state index in [9.17, 15) is 13.2 Å². The first-order chi connectivity index (χ1) is 7.83. The molecule has 0 saturated carbocycles. The number of alkyl halides is 3. The molecule has 2 nitrogen and oxygen atoms in total. The minimum atomic E-state index is -4.20. The number of hydrogen-bond donors (Lipinski definition) is 1. The second kappa shape index (κ2) is 5.60. The van der Waals surface area contributed by atoms with Crippen LogP contribution in [-0.4, -0.2) is 13.3 Å². The molecule has 1 unspecified atom stereocenters. The van der Waals surface area contributed by atoms with Crippen LogP contribution in [0.3, 0.4) is 0 Å². The Bertz CT molecular complexity index is 381. The number of nitrogens with two attached hydrogens (primary N) is 1. The Morgan fingerprint density at radius 1 is 1.41 bits per heavy atom. The fourth-order valence-corrected chi connectivity index (χ4v) is 1.72. The summed E-state index contributed by atoms with van der Waals surface area (Å²) in [5, 5.41) is 0.319. The van der Waals surface area contributed by atoms with E-state index in [1.165, 1.54) is 13.2 Å². The summed E-state index contributed by atoms with van der Waals surface area (Å²) in [6.45, 7) is 0. The smallest absolute Gasteiger partial charge is 0.389 e. The average Bonchev–Trinajstić information content (AvgIpc) is 2.24. The molecule has 0 aliphatic heterocycles. The first-order valence-corrected chi connectivity index (χ1v) is 5.37. The van der Waals surface area contributed by atoms with Crippen LogP contribution in [0.5, 0.6) is 5.75 Å². The molecule has 17 heavy (non-hydrogen) atoms. The summed E-state index contributed by atoms with van der Waals surface area (Å²) in [7, 11) is 1.48. The molecule has 0 heterocycles. The zero-order chi connectivity index (χ0) is 13.1. The number of methoxy groups -OCH3 is 1. The maximum Gasteiger partial charge on any atom is 0.389 e. The van der Waals surface area contributed by atoms with Crippen molar-refractivity contribution in [3.05, 3.63) is 28.8 Å². The van der Waals surface area contributed by atoms with Gasteiger partial charge in [0.1, 0.15) is 5.75 Å². The minimum absolute atomic E-state index is 0.185. The van der Waals surface area contributed by atoms with Crippen molar-refractivity contribution < 1.29 is 17.9 Å². The van der Waals surface area contributed by atoms with E-state index >= 15 is 0 Å². The van der Waals surface area contributed by atoms with E-state index in [1.807, 2.05) is 0 Å². The standard InChI is InChI=1S/C11H13ClF3NO/c1-17-7-2-3-8(9(12)6-7)10(16)4-5-11(13,14)15/h2-3,6,10H,4-5,16H2,1H3. The van der Waals surface area contributed by atoms with Crippen LogP contribution in [0.15, 0.2) is 18.2 Å². The molecule has 1 atom stereocenters. The van der Waals surface area contributed by atoms with E-state index in [-0.39, 0.29) is 6.42 Å². The summed E-state index contributed by atoms with van der Waals surface area (Å²) < 4.78 is 41.1. The highest BCUT2D eigenvalue weighted by atomic mass is 35.5. The maximum absolute atomic E-state index is 12.0. The molecular weight excluding hydrogens is 255 g/mol. The van der Waals surface area contributed by atoms with Gasteiger partial charge >= 0.3 is 6.18 Å². The molecule has 0 aliphatic rings. The van der Waals surface area contributed by atoms with Crippen molar-refractivity contribution in [2.45, 2.75) is 25.1 Å². The number of hydrogen-bond acceptors (Lipinski definition) is 2. The molecule has 96 valence electrons. The number of benzene rings is 1. The van der Waals surface area contributed by atoms with Gasteiger partial charge in [-0.3, -0.25) is 0 Å². The van der Waals surface area contributed by atoms with Gasteiger partial charge in [-0.2, -0.15) is 13.2 Å². The summed E-state index contributed by atoms with van der Waals surface area (Å²) in [6.07, 6.45) is -5.30. The lowest BCUT2D eigenvalue weighted by Gasteiger charge is -2.15. The highest BCUT2D eigenvalue weighted by Gasteiger charge is 2.28. The molecule has 0 spiro atoms. The quantitative estimate of drug-likeness (QED) is 0.903. The van der Waals surface area contributed by atoms with Crippen LogP contribution in [0.25, 0.3) is 0 Å². The number of rotatable bonds is 4. The van der Waals surface area contributed by atoms with Crippen LogP contribution >= 0.6 is 11.6 Å². The van der Waals surface area contributed by atoms with Gasteiger partial charge in [-0.1, -0.05) is 17.7 Å². The van der Waals surface area contributed by atoms with Crippen molar-refractivity contribution in [2.75, 3.05) is 7.11 Å². The fraction of sp³-hybridized carbons (Fsp3) is 0.455. The van der Waals surface area contributed by atoms with Crippen LogP contribution in [0.1, 0.15) is 24.4 Å². The molecule has 0 saturated heterocycles. The SMILES string of the molecule is COc1ccc(C(N)CCC(F)(F)F)c(Cl)c1. The number of halogens is 4. The molecule has 2 N–H and O–H groups in total. The third-order valence-corrected chi connectivity index (χ3v) is 2.67. The third kappa shape index (κ3) is 4.44. The Balaban J connectivity index is 2.72. The lowest BCUT2D eigenvalue weighted by molar-refractivity contribution is -0.136. The van der Waals surface area contributed by atoms with Crippen LogP contribution in [0.4, 0.5) is 13.2 Å². The van der Waals surface area contributed by atoms with E-state index in [0.29, 0.717) is 16.3 Å². The van der Waals surface area contributed by atoms with Gasteiger partial charge < -0.3 is 10.5 Å². The van der Waals surface area contributed by atoms with E-state index < -0.39 is 18.6 Å². The summed E-state index contributed by atoms with van der Waals surface area (Å²) in [5.74, 6) is 0.543. The Hall–Kier alpha value is -0.940. The maximum atomic E-state index is 12.0. The van der Waals surface area contributed by atoms with E-state index in [1.54, 1.807) is 12.1 Å². The van der Waals surface area contributed by atoms with Gasteiger partial charge in [0.25, 0.3) is 0 Å². The average molecular weight is 268 g/mol. The summed E-state index contributed by atoms with van der Waals surface area (Å²) in [4.78, 5) is 0. The molecule has 0 radical (unpaired) electrons. The molecular formula is C11H13ClF3NO. The molecule has 6 heteroatoms. The van der Waals surface area contributed by atoms with Gasteiger partial charge in [-0.25, -0.2) is 0 Å². The van der Waals surface area contributed by atoms with Crippen LogP contribution < -0.4 is 10.5 Å². The van der Waals surface area contributed by atoms with Gasteiger partial charge in [-0.05, 0) is 24.1 Å². The molecule has 0 amide bonds. The van der Waals surface area contributed by atoms with Gasteiger partial charge in [0.2, 0.25) is 0 Å². The predicted molar refractivity (Wildman–Crippen MR) is 60.2 cm³/mol. The van der Waals surface area contributed by atoms with E-state index in [0.717, 1.165) is 0 Å². The Labute approximate surface area is 103 Å². The topological polar surface area (TPSA) is 35.2 Å². The zero-order valence-corrected chi connectivity index (χ0v) is 9.98. The van der Waals surface area contributed by atoms with Crippen molar-refractivity contribution in [3.8, 4) is 5.75 Å². The summed E-state index contributed by atoms with van der Waals surface area (Å²) in [6, 6.07) is 4.01. The van der Waals surface area contributed by atoms with Crippen molar-refractivity contribution >= 4 is 11.6 Å². The Morgan fingerprint density at radius 2 is 2.06 bits per heavy atom. The van der Waals surface area contributed by atoms with Crippen LogP contribution in [-0.2, 0) is 0 Å². The van der Waals surface area contributed by atoms with E-state index in [2.05, 4.69) is 0 Å². The molecule has 1 rings (SSSR count). The lowest BCUT2D eigenvalue weighted by Crippen LogP contribution is -2.16. The highest BCUT2D eigenvalue weighted by Crippen LogP contribution is 2.31. The zero-order valence-electron chi connectivity index (χ0n) is 9.22. The molecule has 0 aromatic heterocycles. The predicted octanol–water partition coefficient (Wildman–Crippen LogP) is 3.69. The molecule has 0 aliphatic carbocycles. The number of ether oxygens (including phenoxy) is 1. The Morgan fingerprint density at radius 3 is 2.53 bits per heavy atom. The third-order valence-electron chi connectivity index (χ3n) is 2.35. The monoisotopic (exact) mass is 267 g/mol. The first kappa shape index (κ1) is 14.1. The van der Waals surface area contributed by atoms with Crippen molar-refractivity contribution in [1.29, 1.82) is 0 Å². The van der Waals surface area contributed by atoms with E-state index in [4.69, 9.17) is 22.1 Å². The van der Waals surface area contributed by atoms with Gasteiger partial charge in [0, 0.05) is 17.5 Å². The first-order valence-electron chi connectivity index (χ1n) is 4.99. The van der Waals surface area contributed by atoms with Crippen molar-refractivity contribution in [3.63, 3.8) is 0 Å². The molecule has 0 bridgehead atoms. The van der Waals surface area contributed by atoms with Gasteiger partial charge in [0.15, 0.2) is 0 Å². The normalized spacial score (nSPS) is 13.5. The second-order valence-corrected chi connectivity index (χ2v) is 4.05.